The van der Waals surface area contributed by atoms with E-state index in [1.807, 2.05) is 42.5 Å². The fourth-order valence-corrected chi connectivity index (χ4v) is 5.30. The number of nitrogens with zero attached hydrogens (tertiary/aromatic N) is 1. The zero-order chi connectivity index (χ0) is 21.8. The van der Waals surface area contributed by atoms with E-state index in [4.69, 9.17) is 9.47 Å². The molecule has 1 heterocycles. The first-order valence-electron chi connectivity index (χ1n) is 10.0. The van der Waals surface area contributed by atoms with E-state index >= 15 is 0 Å². The zero-order valence-electron chi connectivity index (χ0n) is 17.2. The van der Waals surface area contributed by atoms with Gasteiger partial charge in [-0.25, -0.2) is 8.42 Å². The van der Waals surface area contributed by atoms with E-state index < -0.39 is 10.0 Å². The van der Waals surface area contributed by atoms with Gasteiger partial charge in [0.1, 0.15) is 10.6 Å². The molecule has 0 unspecified atom stereocenters. The Hall–Kier alpha value is -2.94. The first-order chi connectivity index (χ1) is 15.0. The van der Waals surface area contributed by atoms with E-state index in [9.17, 15) is 13.2 Å². The fourth-order valence-electron chi connectivity index (χ4n) is 3.71. The summed E-state index contributed by atoms with van der Waals surface area (Å²) < 4.78 is 38.1. The van der Waals surface area contributed by atoms with Gasteiger partial charge >= 0.3 is 0 Å². The summed E-state index contributed by atoms with van der Waals surface area (Å²) in [5.41, 5.74) is 1.31. The highest BCUT2D eigenvalue weighted by Gasteiger charge is 2.29. The average Bonchev–Trinajstić information content (AvgIpc) is 2.80. The highest BCUT2D eigenvalue weighted by atomic mass is 32.2. The molecule has 162 valence electrons. The predicted octanol–water partition coefficient (Wildman–Crippen LogP) is 3.05. The van der Waals surface area contributed by atoms with Crippen LogP contribution < -0.4 is 10.1 Å². The topological polar surface area (TPSA) is 84.9 Å². The Kier molecular flexibility index (Phi) is 6.22. The lowest BCUT2D eigenvalue weighted by Crippen LogP contribution is -2.40. The second-order valence-corrected chi connectivity index (χ2v) is 9.15. The van der Waals surface area contributed by atoms with Gasteiger partial charge in [0.05, 0.1) is 26.7 Å². The van der Waals surface area contributed by atoms with Gasteiger partial charge in [0.25, 0.3) is 0 Å². The molecule has 7 nitrogen and oxygen atoms in total. The summed E-state index contributed by atoms with van der Waals surface area (Å²) in [5, 5.41) is 4.90. The van der Waals surface area contributed by atoms with E-state index in [1.165, 1.54) is 17.5 Å². The van der Waals surface area contributed by atoms with Crippen LogP contribution in [0.3, 0.4) is 0 Å². The third-order valence-corrected chi connectivity index (χ3v) is 7.19. The molecule has 1 amide bonds. The lowest BCUT2D eigenvalue weighted by atomic mass is 10.0. The summed E-state index contributed by atoms with van der Waals surface area (Å²) in [6.45, 7) is 1.26. The largest absolute Gasteiger partial charge is 0.495 e. The number of anilines is 1. The minimum atomic E-state index is -3.77. The maximum absolute atomic E-state index is 13.1. The first kappa shape index (κ1) is 21.3. The Morgan fingerprint density at radius 2 is 1.81 bits per heavy atom. The molecule has 0 saturated carbocycles. The van der Waals surface area contributed by atoms with Crippen molar-refractivity contribution >= 4 is 32.4 Å². The van der Waals surface area contributed by atoms with Crippen LogP contribution in [0.15, 0.2) is 65.6 Å². The van der Waals surface area contributed by atoms with E-state index in [0.29, 0.717) is 18.9 Å². The van der Waals surface area contributed by atoms with Crippen LogP contribution in [-0.4, -0.2) is 52.0 Å². The smallest absolute Gasteiger partial charge is 0.246 e. The first-order valence-corrected chi connectivity index (χ1v) is 11.5. The number of ether oxygens (including phenoxy) is 2. The van der Waals surface area contributed by atoms with E-state index in [-0.39, 0.29) is 36.1 Å². The van der Waals surface area contributed by atoms with Crippen molar-refractivity contribution in [3.05, 3.63) is 66.2 Å². The third kappa shape index (κ3) is 4.56. The quantitative estimate of drug-likeness (QED) is 0.637. The lowest BCUT2D eigenvalue weighted by molar-refractivity contribution is -0.115. The molecular weight excluding hydrogens is 416 g/mol. The van der Waals surface area contributed by atoms with Crippen LogP contribution in [0.1, 0.15) is 5.56 Å². The molecule has 1 aliphatic rings. The van der Waals surface area contributed by atoms with Crippen molar-refractivity contribution in [3.8, 4) is 5.75 Å². The van der Waals surface area contributed by atoms with Crippen LogP contribution in [0, 0.1) is 0 Å². The van der Waals surface area contributed by atoms with Gasteiger partial charge in [-0.1, -0.05) is 42.5 Å². The van der Waals surface area contributed by atoms with Gasteiger partial charge in [0.2, 0.25) is 15.9 Å². The van der Waals surface area contributed by atoms with Crippen molar-refractivity contribution in [1.82, 2.24) is 4.31 Å². The number of benzene rings is 3. The fraction of sp³-hybridized carbons (Fsp3) is 0.261. The van der Waals surface area contributed by atoms with Crippen LogP contribution in [0.5, 0.6) is 5.75 Å². The Bertz CT molecular complexity index is 1200. The third-order valence-electron chi connectivity index (χ3n) is 5.27. The Balaban J connectivity index is 1.57. The number of methoxy groups -OCH3 is 1. The van der Waals surface area contributed by atoms with Gasteiger partial charge in [-0.2, -0.15) is 4.31 Å². The molecule has 0 aromatic heterocycles. The number of hydrogen-bond donors (Lipinski definition) is 1. The van der Waals surface area contributed by atoms with Crippen LogP contribution in [-0.2, 0) is 26.0 Å². The minimum Gasteiger partial charge on any atom is -0.495 e. The van der Waals surface area contributed by atoms with Gasteiger partial charge in [-0.05, 0) is 34.5 Å². The summed E-state index contributed by atoms with van der Waals surface area (Å²) in [4.78, 5) is 12.8. The molecule has 0 spiro atoms. The minimum absolute atomic E-state index is 0.0276. The highest BCUT2D eigenvalue weighted by Crippen LogP contribution is 2.30. The molecule has 0 bridgehead atoms. The van der Waals surface area contributed by atoms with E-state index in [2.05, 4.69) is 5.32 Å². The number of rotatable bonds is 6. The van der Waals surface area contributed by atoms with E-state index in [0.717, 1.165) is 16.3 Å². The van der Waals surface area contributed by atoms with Gasteiger partial charge in [0, 0.05) is 18.8 Å². The molecule has 8 heteroatoms. The van der Waals surface area contributed by atoms with Crippen molar-refractivity contribution in [1.29, 1.82) is 0 Å². The van der Waals surface area contributed by atoms with E-state index in [1.54, 1.807) is 12.1 Å². The van der Waals surface area contributed by atoms with Gasteiger partial charge in [0.15, 0.2) is 0 Å². The summed E-state index contributed by atoms with van der Waals surface area (Å²) in [6, 6.07) is 18.4. The molecule has 3 aromatic rings. The monoisotopic (exact) mass is 440 g/mol. The molecule has 0 aliphatic carbocycles. The number of nitrogens with one attached hydrogen (secondary N) is 1. The summed E-state index contributed by atoms with van der Waals surface area (Å²) in [6.07, 6.45) is 0.179. The van der Waals surface area contributed by atoms with Crippen molar-refractivity contribution < 1.29 is 22.7 Å². The summed E-state index contributed by atoms with van der Waals surface area (Å²) in [7, 11) is -2.35. The highest BCUT2D eigenvalue weighted by molar-refractivity contribution is 7.89. The standard InChI is InChI=1S/C23H24N2O5S/c1-29-21-10-9-19(16-22(21)31(27,28)25-11-13-30-14-12-25)24-23(26)15-18-7-4-6-17-5-2-3-8-20(17)18/h2-10,16H,11-15H2,1H3,(H,24,26). The molecule has 1 fully saturated rings. The van der Waals surface area contributed by atoms with Crippen molar-refractivity contribution in [3.63, 3.8) is 0 Å². The van der Waals surface area contributed by atoms with Crippen molar-refractivity contribution in [2.45, 2.75) is 11.3 Å². The maximum atomic E-state index is 13.1. The normalized spacial score (nSPS) is 15.0. The van der Waals surface area contributed by atoms with Crippen LogP contribution in [0.25, 0.3) is 10.8 Å². The number of hydrogen-bond acceptors (Lipinski definition) is 5. The van der Waals surface area contributed by atoms with Gasteiger partial charge in [-0.15, -0.1) is 0 Å². The van der Waals surface area contributed by atoms with Crippen molar-refractivity contribution in [2.24, 2.45) is 0 Å². The molecule has 0 radical (unpaired) electrons. The SMILES string of the molecule is COc1ccc(NC(=O)Cc2cccc3ccccc23)cc1S(=O)(=O)N1CCOCC1. The number of fused-ring (bicyclic) bond motifs is 1. The van der Waals surface area contributed by atoms with Gasteiger partial charge < -0.3 is 14.8 Å². The number of carbonyl (C=O) groups excluding carboxylic acids is 1. The van der Waals surface area contributed by atoms with Crippen molar-refractivity contribution in [2.75, 3.05) is 38.7 Å². The molecule has 31 heavy (non-hydrogen) atoms. The molecule has 3 aromatic carbocycles. The number of carbonyl (C=O) groups is 1. The average molecular weight is 441 g/mol. The summed E-state index contributed by atoms with van der Waals surface area (Å²) in [5.74, 6) is 0.00906. The van der Waals surface area contributed by atoms with Crippen LogP contribution >= 0.6 is 0 Å². The molecule has 1 N–H and O–H groups in total. The number of sulfonamides is 1. The Morgan fingerprint density at radius 3 is 2.58 bits per heavy atom. The summed E-state index contributed by atoms with van der Waals surface area (Å²) >= 11 is 0. The second kappa shape index (κ2) is 9.05. The molecule has 0 atom stereocenters. The number of morpholine rings is 1. The van der Waals surface area contributed by atoms with Crippen LogP contribution in [0.4, 0.5) is 5.69 Å². The molecular formula is C23H24N2O5S. The lowest BCUT2D eigenvalue weighted by Gasteiger charge is -2.26. The number of amides is 1. The molecule has 1 aliphatic heterocycles. The van der Waals surface area contributed by atoms with Crippen LogP contribution in [0.2, 0.25) is 0 Å². The Labute approximate surface area is 181 Å². The maximum Gasteiger partial charge on any atom is 0.246 e. The van der Waals surface area contributed by atoms with Gasteiger partial charge in [-0.3, -0.25) is 4.79 Å². The zero-order valence-corrected chi connectivity index (χ0v) is 18.0. The predicted molar refractivity (Wildman–Crippen MR) is 119 cm³/mol. The molecule has 1 saturated heterocycles. The Morgan fingerprint density at radius 1 is 1.06 bits per heavy atom. The molecule has 4 rings (SSSR count). The second-order valence-electron chi connectivity index (χ2n) is 7.25.